The lowest BCUT2D eigenvalue weighted by molar-refractivity contribution is 0.112. The van der Waals surface area contributed by atoms with Crippen LogP contribution in [0.3, 0.4) is 0 Å². The number of nitrogens with one attached hydrogen (secondary N) is 1. The molecule has 0 aromatic heterocycles. The minimum Gasteiger partial charge on any atom is -0.316 e. The van der Waals surface area contributed by atoms with Crippen LogP contribution >= 0.6 is 0 Å². The fourth-order valence-electron chi connectivity index (χ4n) is 1.21. The van der Waals surface area contributed by atoms with Crippen LogP contribution in [-0.4, -0.2) is 13.3 Å². The summed E-state index contributed by atoms with van der Waals surface area (Å²) in [6, 6.07) is 2.96. The van der Waals surface area contributed by atoms with Gasteiger partial charge in [0.05, 0.1) is 0 Å². The molecule has 0 aliphatic rings. The number of hydrogen-bond donors (Lipinski definition) is 1. The molecule has 0 heterocycles. The number of carbonyl (C=O) groups is 1. The zero-order chi connectivity index (χ0) is 11.8. The summed E-state index contributed by atoms with van der Waals surface area (Å²) in [5.74, 6) is -0.332. The molecule has 0 atom stereocenters. The lowest BCUT2D eigenvalue weighted by Crippen LogP contribution is -2.08. The molecule has 0 unspecified atom stereocenters. The van der Waals surface area contributed by atoms with Gasteiger partial charge in [-0.25, -0.2) is 4.39 Å². The van der Waals surface area contributed by atoms with Crippen LogP contribution in [0.15, 0.2) is 12.1 Å². The highest BCUT2D eigenvalue weighted by Crippen LogP contribution is 2.13. The van der Waals surface area contributed by atoms with E-state index in [0.29, 0.717) is 24.0 Å². The highest BCUT2D eigenvalue weighted by atomic mass is 19.1. The quantitative estimate of drug-likeness (QED) is 0.779. The highest BCUT2D eigenvalue weighted by Gasteiger charge is 2.05. The Bertz CT molecular complexity index is 324. The molecule has 15 heavy (non-hydrogen) atoms. The number of rotatable bonds is 3. The Morgan fingerprint density at radius 2 is 2.00 bits per heavy atom. The molecule has 0 fully saturated rings. The van der Waals surface area contributed by atoms with Crippen LogP contribution < -0.4 is 5.32 Å². The molecule has 1 aromatic carbocycles. The summed E-state index contributed by atoms with van der Waals surface area (Å²) in [5, 5.41) is 2.92. The van der Waals surface area contributed by atoms with Crippen molar-refractivity contribution in [3.63, 3.8) is 0 Å². The van der Waals surface area contributed by atoms with Crippen molar-refractivity contribution in [2.24, 2.45) is 0 Å². The molecule has 0 saturated heterocycles. The van der Waals surface area contributed by atoms with Crippen molar-refractivity contribution in [2.75, 3.05) is 7.05 Å². The number of halogens is 1. The van der Waals surface area contributed by atoms with Crippen molar-refractivity contribution in [1.82, 2.24) is 5.32 Å². The van der Waals surface area contributed by atoms with Crippen LogP contribution in [0.1, 0.15) is 35.3 Å². The second-order valence-corrected chi connectivity index (χ2v) is 2.95. The van der Waals surface area contributed by atoms with Crippen LogP contribution in [0.5, 0.6) is 0 Å². The fraction of sp³-hybridized carbons (Fsp3) is 0.417. The first-order valence-corrected chi connectivity index (χ1v) is 5.08. The molecular weight excluding hydrogens is 193 g/mol. The Labute approximate surface area is 90.5 Å². The minimum atomic E-state index is -0.332. The molecule has 0 aliphatic heterocycles. The SMILES string of the molecule is CC.CNCc1cc(C)c(F)cc1C=O. The number of aldehydes is 1. The summed E-state index contributed by atoms with van der Waals surface area (Å²) in [4.78, 5) is 10.6. The Hall–Kier alpha value is -1.22. The molecule has 1 aromatic rings. The maximum absolute atomic E-state index is 13.0. The monoisotopic (exact) mass is 211 g/mol. The van der Waals surface area contributed by atoms with Gasteiger partial charge in [-0.05, 0) is 31.2 Å². The average Bonchev–Trinajstić information content (AvgIpc) is 2.26. The van der Waals surface area contributed by atoms with Crippen LogP contribution in [0, 0.1) is 12.7 Å². The van der Waals surface area contributed by atoms with Crippen molar-refractivity contribution < 1.29 is 9.18 Å². The lowest BCUT2D eigenvalue weighted by atomic mass is 10.0. The molecule has 84 valence electrons. The van der Waals surface area contributed by atoms with Gasteiger partial charge in [-0.3, -0.25) is 4.79 Å². The first-order valence-electron chi connectivity index (χ1n) is 5.08. The number of carbonyl (C=O) groups excluding carboxylic acids is 1. The molecule has 1 rings (SSSR count). The largest absolute Gasteiger partial charge is 0.316 e. The second kappa shape index (κ2) is 7.12. The van der Waals surface area contributed by atoms with Crippen molar-refractivity contribution in [3.05, 3.63) is 34.6 Å². The Morgan fingerprint density at radius 3 is 2.47 bits per heavy atom. The van der Waals surface area contributed by atoms with Crippen molar-refractivity contribution >= 4 is 6.29 Å². The third kappa shape index (κ3) is 3.80. The van der Waals surface area contributed by atoms with Crippen LogP contribution in [0.4, 0.5) is 4.39 Å². The summed E-state index contributed by atoms with van der Waals surface area (Å²) in [7, 11) is 1.78. The van der Waals surface area contributed by atoms with E-state index < -0.39 is 0 Å². The Balaban J connectivity index is 0.000000921. The van der Waals surface area contributed by atoms with Gasteiger partial charge in [-0.1, -0.05) is 19.9 Å². The number of aryl methyl sites for hydroxylation is 1. The zero-order valence-corrected chi connectivity index (χ0v) is 9.73. The van der Waals surface area contributed by atoms with E-state index in [1.54, 1.807) is 20.0 Å². The van der Waals surface area contributed by atoms with E-state index in [-0.39, 0.29) is 5.82 Å². The standard InChI is InChI=1S/C10H12FNO.C2H6/c1-7-3-8(5-12-2)9(6-13)4-10(7)11;1-2/h3-4,6,12H,5H2,1-2H3;1-2H3. The van der Waals surface area contributed by atoms with Gasteiger partial charge in [0.25, 0.3) is 0 Å². The first-order chi connectivity index (χ1) is 7.19. The van der Waals surface area contributed by atoms with E-state index >= 15 is 0 Å². The Morgan fingerprint density at radius 1 is 1.40 bits per heavy atom. The summed E-state index contributed by atoms with van der Waals surface area (Å²) in [6.45, 7) is 6.26. The van der Waals surface area contributed by atoms with Crippen LogP contribution in [-0.2, 0) is 6.54 Å². The highest BCUT2D eigenvalue weighted by molar-refractivity contribution is 5.77. The lowest BCUT2D eigenvalue weighted by Gasteiger charge is -2.06. The summed E-state index contributed by atoms with van der Waals surface area (Å²) in [6.07, 6.45) is 0.676. The normalized spacial score (nSPS) is 9.13. The van der Waals surface area contributed by atoms with Crippen LogP contribution in [0.25, 0.3) is 0 Å². The van der Waals surface area contributed by atoms with E-state index in [4.69, 9.17) is 0 Å². The molecule has 0 bridgehead atoms. The molecule has 1 N–H and O–H groups in total. The van der Waals surface area contributed by atoms with Gasteiger partial charge in [0.2, 0.25) is 0 Å². The predicted octanol–water partition coefficient (Wildman–Crippen LogP) is 2.69. The van der Waals surface area contributed by atoms with Crippen molar-refractivity contribution in [3.8, 4) is 0 Å². The maximum atomic E-state index is 13.0. The van der Waals surface area contributed by atoms with E-state index in [1.165, 1.54) is 6.07 Å². The van der Waals surface area contributed by atoms with Crippen molar-refractivity contribution in [1.29, 1.82) is 0 Å². The molecule has 0 radical (unpaired) electrons. The van der Waals surface area contributed by atoms with Crippen LogP contribution in [0.2, 0.25) is 0 Å². The predicted molar refractivity (Wildman–Crippen MR) is 60.6 cm³/mol. The summed E-state index contributed by atoms with van der Waals surface area (Å²) >= 11 is 0. The van der Waals surface area contributed by atoms with E-state index in [2.05, 4.69) is 5.32 Å². The van der Waals surface area contributed by atoms with Gasteiger partial charge in [0, 0.05) is 12.1 Å². The molecular formula is C12H18FNO. The molecule has 0 spiro atoms. The maximum Gasteiger partial charge on any atom is 0.150 e. The topological polar surface area (TPSA) is 29.1 Å². The van der Waals surface area contributed by atoms with Gasteiger partial charge in [-0.15, -0.1) is 0 Å². The molecule has 0 saturated carbocycles. The van der Waals surface area contributed by atoms with E-state index in [9.17, 15) is 9.18 Å². The van der Waals surface area contributed by atoms with Gasteiger partial charge < -0.3 is 5.32 Å². The molecule has 2 nitrogen and oxygen atoms in total. The summed E-state index contributed by atoms with van der Waals surface area (Å²) < 4.78 is 13.0. The molecule has 0 amide bonds. The van der Waals surface area contributed by atoms with E-state index in [0.717, 1.165) is 5.56 Å². The smallest absolute Gasteiger partial charge is 0.150 e. The first kappa shape index (κ1) is 13.8. The van der Waals surface area contributed by atoms with Gasteiger partial charge in [0.15, 0.2) is 0 Å². The number of benzene rings is 1. The Kier molecular flexibility index (Phi) is 6.54. The third-order valence-corrected chi connectivity index (χ3v) is 1.91. The fourth-order valence-corrected chi connectivity index (χ4v) is 1.21. The molecule has 3 heteroatoms. The second-order valence-electron chi connectivity index (χ2n) is 2.95. The van der Waals surface area contributed by atoms with Gasteiger partial charge in [-0.2, -0.15) is 0 Å². The van der Waals surface area contributed by atoms with Gasteiger partial charge in [0.1, 0.15) is 12.1 Å². The third-order valence-electron chi connectivity index (χ3n) is 1.91. The molecule has 0 aliphatic carbocycles. The van der Waals surface area contributed by atoms with E-state index in [1.807, 2.05) is 13.8 Å². The minimum absolute atomic E-state index is 0.332. The van der Waals surface area contributed by atoms with Gasteiger partial charge >= 0.3 is 0 Å². The summed E-state index contributed by atoms with van der Waals surface area (Å²) in [5.41, 5.74) is 1.81. The zero-order valence-electron chi connectivity index (χ0n) is 9.73. The van der Waals surface area contributed by atoms with Crippen molar-refractivity contribution in [2.45, 2.75) is 27.3 Å². The average molecular weight is 211 g/mol. The number of hydrogen-bond acceptors (Lipinski definition) is 2.